The summed E-state index contributed by atoms with van der Waals surface area (Å²) < 4.78 is 16.6. The second kappa shape index (κ2) is 8.73. The van der Waals surface area contributed by atoms with Crippen molar-refractivity contribution in [2.24, 2.45) is 0 Å². The van der Waals surface area contributed by atoms with E-state index < -0.39 is 0 Å². The minimum atomic E-state index is 0.300. The highest BCUT2D eigenvalue weighted by atomic mass is 16.5. The minimum Gasteiger partial charge on any atom is -0.486 e. The Hall–Kier alpha value is -2.01. The fraction of sp³-hybridized carbons (Fsp3) is 0.526. The normalized spacial score (nSPS) is 16.7. The maximum Gasteiger partial charge on any atom is 0.254 e. The zero-order valence-corrected chi connectivity index (χ0v) is 14.2. The van der Waals surface area contributed by atoms with Crippen LogP contribution in [-0.4, -0.2) is 23.8 Å². The summed E-state index contributed by atoms with van der Waals surface area (Å²) in [6.07, 6.45) is 6.58. The Morgan fingerprint density at radius 2 is 1.96 bits per heavy atom. The number of rotatable bonds is 8. The maximum absolute atomic E-state index is 5.72. The number of para-hydroxylation sites is 1. The molecule has 130 valence electrons. The number of aromatic nitrogens is 1. The van der Waals surface area contributed by atoms with E-state index in [2.05, 4.69) is 17.4 Å². The van der Waals surface area contributed by atoms with E-state index in [1.807, 2.05) is 30.3 Å². The maximum atomic E-state index is 5.72. The van der Waals surface area contributed by atoms with Gasteiger partial charge < -0.3 is 19.3 Å². The molecule has 24 heavy (non-hydrogen) atoms. The first-order chi connectivity index (χ1) is 11.8. The molecule has 1 heterocycles. The molecule has 1 aliphatic rings. The van der Waals surface area contributed by atoms with Crippen LogP contribution >= 0.6 is 0 Å². The number of nitrogens with one attached hydrogen (secondary N) is 1. The van der Waals surface area contributed by atoms with Crippen LogP contribution in [0.1, 0.15) is 44.8 Å². The van der Waals surface area contributed by atoms with Gasteiger partial charge in [-0.2, -0.15) is 0 Å². The van der Waals surface area contributed by atoms with Crippen molar-refractivity contribution in [2.45, 2.75) is 57.7 Å². The van der Waals surface area contributed by atoms with Crippen LogP contribution in [0.15, 0.2) is 40.9 Å². The Kier molecular flexibility index (Phi) is 6.13. The lowest BCUT2D eigenvalue weighted by atomic mass is 9.95. The lowest BCUT2D eigenvalue weighted by molar-refractivity contribution is 0.219. The van der Waals surface area contributed by atoms with Gasteiger partial charge in [0.2, 0.25) is 0 Å². The summed E-state index contributed by atoms with van der Waals surface area (Å²) in [6.45, 7) is 3.08. The molecule has 0 aliphatic heterocycles. The molecular formula is C19H26N2O3. The van der Waals surface area contributed by atoms with Gasteiger partial charge in [0, 0.05) is 18.2 Å². The van der Waals surface area contributed by atoms with Crippen LogP contribution in [0.5, 0.6) is 11.6 Å². The van der Waals surface area contributed by atoms with E-state index in [9.17, 15) is 0 Å². The van der Waals surface area contributed by atoms with Gasteiger partial charge in [0.05, 0.1) is 0 Å². The van der Waals surface area contributed by atoms with Gasteiger partial charge in [0.25, 0.3) is 5.88 Å². The topological polar surface area (TPSA) is 56.5 Å². The Balaban J connectivity index is 1.39. The molecule has 1 aromatic carbocycles. The van der Waals surface area contributed by atoms with Crippen molar-refractivity contribution in [3.63, 3.8) is 0 Å². The van der Waals surface area contributed by atoms with Crippen LogP contribution in [0.3, 0.4) is 0 Å². The summed E-state index contributed by atoms with van der Waals surface area (Å²) in [6, 6.07) is 12.4. The third-order valence-electron chi connectivity index (χ3n) is 4.27. The van der Waals surface area contributed by atoms with Gasteiger partial charge in [-0.3, -0.25) is 0 Å². The molecule has 1 saturated carbocycles. The van der Waals surface area contributed by atoms with E-state index in [1.165, 1.54) is 32.1 Å². The lowest BCUT2D eigenvalue weighted by Crippen LogP contribution is -2.40. The van der Waals surface area contributed by atoms with E-state index in [0.717, 1.165) is 5.75 Å². The highest BCUT2D eigenvalue weighted by molar-refractivity contribution is 5.21. The molecule has 3 rings (SSSR count). The first kappa shape index (κ1) is 16.8. The molecule has 1 unspecified atom stereocenters. The molecule has 0 spiro atoms. The third-order valence-corrected chi connectivity index (χ3v) is 4.27. The van der Waals surface area contributed by atoms with Gasteiger partial charge in [-0.25, -0.2) is 0 Å². The summed E-state index contributed by atoms with van der Waals surface area (Å²) in [5.74, 6) is 1.97. The van der Waals surface area contributed by atoms with Crippen molar-refractivity contribution in [2.75, 3.05) is 6.61 Å². The predicted octanol–water partition coefficient (Wildman–Crippen LogP) is 3.94. The molecule has 0 radical (unpaired) electrons. The number of nitrogens with zero attached hydrogens (tertiary/aromatic N) is 1. The van der Waals surface area contributed by atoms with Crippen molar-refractivity contribution in [3.05, 3.63) is 42.2 Å². The molecule has 5 heteroatoms. The summed E-state index contributed by atoms with van der Waals surface area (Å²) in [4.78, 5) is 0. The Labute approximate surface area is 143 Å². The highest BCUT2D eigenvalue weighted by Gasteiger charge is 2.16. The molecule has 1 aromatic heterocycles. The number of hydrogen-bond acceptors (Lipinski definition) is 5. The molecule has 0 bridgehead atoms. The van der Waals surface area contributed by atoms with Gasteiger partial charge in [-0.1, -0.05) is 37.5 Å². The molecular weight excluding hydrogens is 304 g/mol. The fourth-order valence-corrected chi connectivity index (χ4v) is 3.03. The van der Waals surface area contributed by atoms with E-state index in [-0.39, 0.29) is 0 Å². The molecule has 1 N–H and O–H groups in total. The third kappa shape index (κ3) is 5.27. The number of hydrogen-bond donors (Lipinski definition) is 1. The van der Waals surface area contributed by atoms with E-state index in [0.29, 0.717) is 36.9 Å². The number of benzene rings is 1. The summed E-state index contributed by atoms with van der Waals surface area (Å²) >= 11 is 0. The minimum absolute atomic E-state index is 0.300. The quantitative estimate of drug-likeness (QED) is 0.794. The second-order valence-electron chi connectivity index (χ2n) is 6.45. The van der Waals surface area contributed by atoms with Crippen molar-refractivity contribution in [1.82, 2.24) is 10.5 Å². The zero-order chi connectivity index (χ0) is 16.6. The fourth-order valence-electron chi connectivity index (χ4n) is 3.03. The Bertz CT molecular complexity index is 594. The molecule has 5 nitrogen and oxygen atoms in total. The first-order valence-corrected chi connectivity index (χ1v) is 8.82. The summed E-state index contributed by atoms with van der Waals surface area (Å²) in [7, 11) is 0. The van der Waals surface area contributed by atoms with Gasteiger partial charge in [-0.05, 0) is 37.1 Å². The van der Waals surface area contributed by atoms with Gasteiger partial charge in [0.15, 0.2) is 5.76 Å². The molecule has 0 amide bonds. The molecule has 1 fully saturated rings. The van der Waals surface area contributed by atoms with Gasteiger partial charge >= 0.3 is 0 Å². The second-order valence-corrected chi connectivity index (χ2v) is 6.45. The van der Waals surface area contributed by atoms with E-state index >= 15 is 0 Å². The van der Waals surface area contributed by atoms with Crippen molar-refractivity contribution >= 4 is 0 Å². The van der Waals surface area contributed by atoms with Gasteiger partial charge in [-0.15, -0.1) is 0 Å². The van der Waals surface area contributed by atoms with E-state index in [1.54, 1.807) is 6.07 Å². The lowest BCUT2D eigenvalue weighted by Gasteiger charge is -2.26. The molecule has 0 saturated heterocycles. The van der Waals surface area contributed by atoms with Gasteiger partial charge in [0.1, 0.15) is 19.0 Å². The number of ether oxygens (including phenoxy) is 2. The standard InChI is InChI=1S/C19H26N2O3/c1-15(20-16-8-4-2-5-9-16)13-23-19-12-18(24-21-19)14-22-17-10-6-3-7-11-17/h3,6-7,10-12,15-16,20H,2,4-5,8-9,13-14H2,1H3. The van der Waals surface area contributed by atoms with Crippen LogP contribution in [-0.2, 0) is 6.61 Å². The van der Waals surface area contributed by atoms with Crippen molar-refractivity contribution < 1.29 is 14.0 Å². The van der Waals surface area contributed by atoms with Crippen LogP contribution in [0.4, 0.5) is 0 Å². The largest absolute Gasteiger partial charge is 0.486 e. The van der Waals surface area contributed by atoms with Crippen LogP contribution in [0, 0.1) is 0 Å². The van der Waals surface area contributed by atoms with E-state index in [4.69, 9.17) is 14.0 Å². The average Bonchev–Trinajstić information content (AvgIpc) is 3.08. The van der Waals surface area contributed by atoms with Crippen LogP contribution < -0.4 is 14.8 Å². The highest BCUT2D eigenvalue weighted by Crippen LogP contribution is 2.18. The Morgan fingerprint density at radius 1 is 1.17 bits per heavy atom. The summed E-state index contributed by atoms with van der Waals surface area (Å²) in [5, 5.41) is 7.58. The van der Waals surface area contributed by atoms with Crippen LogP contribution in [0.2, 0.25) is 0 Å². The van der Waals surface area contributed by atoms with Crippen LogP contribution in [0.25, 0.3) is 0 Å². The predicted molar refractivity (Wildman–Crippen MR) is 92.2 cm³/mol. The molecule has 1 aliphatic carbocycles. The Morgan fingerprint density at radius 3 is 2.75 bits per heavy atom. The molecule has 2 aromatic rings. The SMILES string of the molecule is CC(COc1cc(COc2ccccc2)on1)NC1CCCCC1. The zero-order valence-electron chi connectivity index (χ0n) is 14.2. The summed E-state index contributed by atoms with van der Waals surface area (Å²) in [5.41, 5.74) is 0. The van der Waals surface area contributed by atoms with Crippen molar-refractivity contribution in [3.8, 4) is 11.6 Å². The average molecular weight is 330 g/mol. The van der Waals surface area contributed by atoms with Crippen molar-refractivity contribution in [1.29, 1.82) is 0 Å². The first-order valence-electron chi connectivity index (χ1n) is 8.82. The smallest absolute Gasteiger partial charge is 0.254 e. The molecule has 1 atom stereocenters. The monoisotopic (exact) mass is 330 g/mol.